The Morgan fingerprint density at radius 1 is 1.53 bits per heavy atom. The van der Waals surface area contributed by atoms with E-state index >= 15 is 0 Å². The lowest BCUT2D eigenvalue weighted by Crippen LogP contribution is -2.37. The number of aliphatic hydroxyl groups excluding tert-OH is 1. The van der Waals surface area contributed by atoms with Crippen LogP contribution < -0.4 is 10.6 Å². The minimum atomic E-state index is 0.0879. The molecule has 0 amide bonds. The third-order valence-corrected chi connectivity index (χ3v) is 3.68. The number of pyridine rings is 1. The van der Waals surface area contributed by atoms with E-state index in [0.29, 0.717) is 11.5 Å². The molecule has 2 heterocycles. The number of nitrogens with two attached hydrogens (primary N) is 1. The maximum absolute atomic E-state index is 9.17. The van der Waals surface area contributed by atoms with Crippen molar-refractivity contribution in [2.24, 2.45) is 16.8 Å². The predicted octanol–water partition coefficient (Wildman–Crippen LogP) is 0.693. The summed E-state index contributed by atoms with van der Waals surface area (Å²) in [6.45, 7) is 3.81. The van der Waals surface area contributed by atoms with Crippen LogP contribution >= 0.6 is 0 Å². The summed E-state index contributed by atoms with van der Waals surface area (Å²) < 4.78 is 0. The normalized spacial score (nSPS) is 17.8. The molecule has 104 valence electrons. The number of piperidine rings is 1. The lowest BCUT2D eigenvalue weighted by atomic mass is 9.97. The summed E-state index contributed by atoms with van der Waals surface area (Å²) in [5.74, 6) is 1.21. The van der Waals surface area contributed by atoms with E-state index in [2.05, 4.69) is 15.0 Å². The van der Waals surface area contributed by atoms with Crippen LogP contribution in [0, 0.1) is 12.8 Å². The zero-order valence-corrected chi connectivity index (χ0v) is 11.1. The first kappa shape index (κ1) is 13.6. The van der Waals surface area contributed by atoms with Gasteiger partial charge in [0.25, 0.3) is 0 Å². The van der Waals surface area contributed by atoms with Crippen molar-refractivity contribution in [3.05, 3.63) is 23.4 Å². The first-order valence-electron chi connectivity index (χ1n) is 6.46. The number of hydrogen-bond acceptors (Lipinski definition) is 5. The van der Waals surface area contributed by atoms with E-state index < -0.39 is 0 Å². The molecule has 0 unspecified atom stereocenters. The van der Waals surface area contributed by atoms with Gasteiger partial charge in [-0.05, 0) is 37.3 Å². The molecule has 1 aromatic rings. The second-order valence-electron chi connectivity index (χ2n) is 4.92. The average Bonchev–Trinajstić information content (AvgIpc) is 2.46. The van der Waals surface area contributed by atoms with Crippen LogP contribution in [0.1, 0.15) is 24.0 Å². The van der Waals surface area contributed by atoms with Crippen molar-refractivity contribution >= 4 is 11.7 Å². The van der Waals surface area contributed by atoms with Crippen LogP contribution in [0.25, 0.3) is 0 Å². The van der Waals surface area contributed by atoms with E-state index in [1.807, 2.05) is 13.0 Å². The van der Waals surface area contributed by atoms with E-state index in [-0.39, 0.29) is 12.4 Å². The highest BCUT2D eigenvalue weighted by Crippen LogP contribution is 2.26. The summed E-state index contributed by atoms with van der Waals surface area (Å²) in [5.41, 5.74) is 7.37. The summed E-state index contributed by atoms with van der Waals surface area (Å²) >= 11 is 0. The van der Waals surface area contributed by atoms with Gasteiger partial charge >= 0.3 is 0 Å². The Kier molecular flexibility index (Phi) is 4.21. The molecule has 0 radical (unpaired) electrons. The predicted molar refractivity (Wildman–Crippen MR) is 73.5 cm³/mol. The molecule has 0 aliphatic carbocycles. The highest BCUT2D eigenvalue weighted by molar-refractivity contribution is 6.02. The smallest absolute Gasteiger partial charge is 0.174 e. The first-order chi connectivity index (χ1) is 9.17. The van der Waals surface area contributed by atoms with Gasteiger partial charge in [-0.15, -0.1) is 0 Å². The van der Waals surface area contributed by atoms with Crippen molar-refractivity contribution in [2.45, 2.75) is 19.8 Å². The van der Waals surface area contributed by atoms with E-state index in [1.54, 1.807) is 6.20 Å². The van der Waals surface area contributed by atoms with Crippen molar-refractivity contribution in [2.75, 3.05) is 24.6 Å². The fraction of sp³-hybridized carbons (Fsp3) is 0.538. The number of nitrogens with zero attached hydrogens (tertiary/aromatic N) is 3. The number of aromatic nitrogens is 1. The lowest BCUT2D eigenvalue weighted by Gasteiger charge is -2.33. The number of rotatable bonds is 3. The zero-order chi connectivity index (χ0) is 13.8. The molecule has 1 saturated heterocycles. The topological polar surface area (TPSA) is 95.0 Å². The van der Waals surface area contributed by atoms with Gasteiger partial charge in [0.1, 0.15) is 5.82 Å². The number of aliphatic hydroxyl groups is 1. The largest absolute Gasteiger partial charge is 0.409 e. The Morgan fingerprint density at radius 2 is 2.21 bits per heavy atom. The molecule has 1 aliphatic heterocycles. The van der Waals surface area contributed by atoms with E-state index in [0.717, 1.165) is 37.3 Å². The molecule has 6 nitrogen and oxygen atoms in total. The fourth-order valence-corrected chi connectivity index (χ4v) is 2.48. The Labute approximate surface area is 112 Å². The molecule has 0 saturated carbocycles. The van der Waals surface area contributed by atoms with Gasteiger partial charge in [-0.25, -0.2) is 4.98 Å². The maximum Gasteiger partial charge on any atom is 0.174 e. The van der Waals surface area contributed by atoms with Crippen molar-refractivity contribution in [3.63, 3.8) is 0 Å². The molecule has 2 rings (SSSR count). The molecule has 0 bridgehead atoms. The summed E-state index contributed by atoms with van der Waals surface area (Å²) in [5, 5.41) is 21.2. The quantitative estimate of drug-likeness (QED) is 0.323. The standard InChI is InChI=1S/C13H20N4O2/c1-9-2-5-15-13(11(9)12(14)16-19)17-6-3-10(8-18)4-7-17/h2,5,10,18-19H,3-4,6-8H2,1H3,(H2,14,16). The number of amidine groups is 1. The lowest BCUT2D eigenvalue weighted by molar-refractivity contribution is 0.203. The summed E-state index contributed by atoms with van der Waals surface area (Å²) in [7, 11) is 0. The average molecular weight is 264 g/mol. The molecule has 1 aromatic heterocycles. The monoisotopic (exact) mass is 264 g/mol. The summed E-state index contributed by atoms with van der Waals surface area (Å²) in [6, 6.07) is 1.84. The maximum atomic E-state index is 9.17. The molecule has 6 heteroatoms. The van der Waals surface area contributed by atoms with Gasteiger partial charge in [0.05, 0.1) is 5.56 Å². The third-order valence-electron chi connectivity index (χ3n) is 3.68. The van der Waals surface area contributed by atoms with Crippen LogP contribution in [-0.2, 0) is 0 Å². The summed E-state index contributed by atoms with van der Waals surface area (Å²) in [6.07, 6.45) is 3.60. The van der Waals surface area contributed by atoms with Gasteiger partial charge < -0.3 is 20.9 Å². The van der Waals surface area contributed by atoms with Gasteiger partial charge in [-0.3, -0.25) is 0 Å². The third kappa shape index (κ3) is 2.78. The Bertz CT molecular complexity index is 468. The molecule has 19 heavy (non-hydrogen) atoms. The van der Waals surface area contributed by atoms with Crippen molar-refractivity contribution in [1.82, 2.24) is 4.98 Å². The van der Waals surface area contributed by atoms with Gasteiger partial charge in [0.15, 0.2) is 5.84 Å². The second kappa shape index (κ2) is 5.88. The van der Waals surface area contributed by atoms with Crippen LogP contribution in [-0.4, -0.2) is 40.8 Å². The molecular formula is C13H20N4O2. The zero-order valence-electron chi connectivity index (χ0n) is 11.1. The number of anilines is 1. The molecule has 0 atom stereocenters. The van der Waals surface area contributed by atoms with E-state index in [9.17, 15) is 0 Å². The van der Waals surface area contributed by atoms with E-state index in [1.165, 1.54) is 0 Å². The van der Waals surface area contributed by atoms with Crippen molar-refractivity contribution < 1.29 is 10.3 Å². The van der Waals surface area contributed by atoms with Crippen LogP contribution in [0.5, 0.6) is 0 Å². The molecule has 0 aromatic carbocycles. The Balaban J connectivity index is 2.28. The molecule has 1 aliphatic rings. The number of hydrogen-bond donors (Lipinski definition) is 3. The summed E-state index contributed by atoms with van der Waals surface area (Å²) in [4.78, 5) is 6.51. The van der Waals surface area contributed by atoms with Gasteiger partial charge in [-0.1, -0.05) is 5.16 Å². The second-order valence-corrected chi connectivity index (χ2v) is 4.92. The highest BCUT2D eigenvalue weighted by atomic mass is 16.4. The molecular weight excluding hydrogens is 244 g/mol. The van der Waals surface area contributed by atoms with Crippen molar-refractivity contribution in [1.29, 1.82) is 0 Å². The van der Waals surface area contributed by atoms with Crippen LogP contribution in [0.15, 0.2) is 17.4 Å². The van der Waals surface area contributed by atoms with Crippen LogP contribution in [0.4, 0.5) is 5.82 Å². The number of aryl methyl sites for hydroxylation is 1. The van der Waals surface area contributed by atoms with Gasteiger partial charge in [-0.2, -0.15) is 0 Å². The Morgan fingerprint density at radius 3 is 2.79 bits per heavy atom. The molecule has 0 spiro atoms. The Hall–Kier alpha value is -1.82. The van der Waals surface area contributed by atoms with Crippen LogP contribution in [0.2, 0.25) is 0 Å². The molecule has 4 N–H and O–H groups in total. The van der Waals surface area contributed by atoms with Crippen LogP contribution in [0.3, 0.4) is 0 Å². The fourth-order valence-electron chi connectivity index (χ4n) is 2.48. The minimum absolute atomic E-state index is 0.0879. The molecule has 1 fully saturated rings. The number of oxime groups is 1. The van der Waals surface area contributed by atoms with E-state index in [4.69, 9.17) is 16.0 Å². The van der Waals surface area contributed by atoms with Gasteiger partial charge in [0.2, 0.25) is 0 Å². The van der Waals surface area contributed by atoms with Gasteiger partial charge in [0, 0.05) is 25.9 Å². The SMILES string of the molecule is Cc1ccnc(N2CCC(CO)CC2)c1/C(N)=N/O. The highest BCUT2D eigenvalue weighted by Gasteiger charge is 2.23. The van der Waals surface area contributed by atoms with Crippen molar-refractivity contribution in [3.8, 4) is 0 Å². The minimum Gasteiger partial charge on any atom is -0.409 e. The first-order valence-corrected chi connectivity index (χ1v) is 6.46.